The molecule has 1 aliphatic heterocycles. The van der Waals surface area contributed by atoms with Crippen LogP contribution in [0.5, 0.6) is 11.5 Å². The van der Waals surface area contributed by atoms with Gasteiger partial charge in [0.25, 0.3) is 5.91 Å². The van der Waals surface area contributed by atoms with E-state index in [1.165, 1.54) is 23.5 Å². The number of carbonyl (C=O) groups excluding carboxylic acids is 3. The Labute approximate surface area is 363 Å². The number of Topliss-reactive ketones (excluding diaryl/α,β-unsaturated/α-hetero) is 1. The average molecular weight is 940 g/mol. The van der Waals surface area contributed by atoms with E-state index in [2.05, 4.69) is 38.2 Å². The van der Waals surface area contributed by atoms with E-state index in [9.17, 15) is 22.8 Å². The standard InChI is InChI=1S/C46H46IN5O7S/c1-31-26-42(39-29-36(47)13-19-40(39)49-31)48-21-25-52(60(56,57)38-16-14-37(58-2)15-17-38)24-20-45(54)50-41-18-12-35(46(55)51-22-6-3-7-23-51)28-44(41)59-30-43(53)34-11-10-32-8-4-5-9-33(32)27-34/h4-5,8-19,26-29H,3,6-7,20-25,30H2,1-2H3,(H,48,49)(H,50,54). The fraction of sp³-hybridized carbons (Fsp3) is 0.261. The lowest BCUT2D eigenvalue weighted by Crippen LogP contribution is -2.37. The largest absolute Gasteiger partial charge is 0.497 e. The van der Waals surface area contributed by atoms with Crippen LogP contribution in [-0.2, 0) is 14.8 Å². The first-order chi connectivity index (χ1) is 29.0. The van der Waals surface area contributed by atoms with Gasteiger partial charge in [0, 0.05) is 70.6 Å². The van der Waals surface area contributed by atoms with Crippen molar-refractivity contribution in [1.82, 2.24) is 14.2 Å². The van der Waals surface area contributed by atoms with E-state index in [4.69, 9.17) is 9.47 Å². The van der Waals surface area contributed by atoms with Gasteiger partial charge in [0.1, 0.15) is 11.5 Å². The molecule has 2 heterocycles. The van der Waals surface area contributed by atoms with Crippen molar-refractivity contribution in [2.45, 2.75) is 37.5 Å². The number of methoxy groups -OCH3 is 1. The lowest BCUT2D eigenvalue weighted by Gasteiger charge is -2.27. The maximum atomic E-state index is 14.1. The molecule has 1 aromatic heterocycles. The summed E-state index contributed by atoms with van der Waals surface area (Å²) in [5.41, 5.74) is 3.55. The molecule has 2 amide bonds. The smallest absolute Gasteiger partial charge is 0.253 e. The number of ether oxygens (including phenoxy) is 2. The molecule has 310 valence electrons. The minimum atomic E-state index is -4.06. The van der Waals surface area contributed by atoms with E-state index in [0.29, 0.717) is 30.0 Å². The zero-order valence-electron chi connectivity index (χ0n) is 33.4. The van der Waals surface area contributed by atoms with Gasteiger partial charge >= 0.3 is 0 Å². The van der Waals surface area contributed by atoms with Crippen LogP contribution >= 0.6 is 22.6 Å². The summed E-state index contributed by atoms with van der Waals surface area (Å²) in [7, 11) is -2.55. The number of fused-ring (bicyclic) bond motifs is 2. The van der Waals surface area contributed by atoms with Crippen LogP contribution in [0, 0.1) is 10.5 Å². The molecule has 7 rings (SSSR count). The Morgan fingerprint density at radius 1 is 0.817 bits per heavy atom. The van der Waals surface area contributed by atoms with Crippen LogP contribution in [0.3, 0.4) is 0 Å². The molecule has 0 bridgehead atoms. The second-order valence-corrected chi connectivity index (χ2v) is 17.8. The Bertz CT molecular complexity index is 2650. The third-order valence-corrected chi connectivity index (χ3v) is 13.0. The van der Waals surface area contributed by atoms with Gasteiger partial charge in [-0.25, -0.2) is 8.42 Å². The minimum Gasteiger partial charge on any atom is -0.497 e. The molecule has 6 aromatic rings. The van der Waals surface area contributed by atoms with Crippen LogP contribution in [0.15, 0.2) is 114 Å². The summed E-state index contributed by atoms with van der Waals surface area (Å²) >= 11 is 2.25. The second kappa shape index (κ2) is 19.2. The molecule has 60 heavy (non-hydrogen) atoms. The summed E-state index contributed by atoms with van der Waals surface area (Å²) in [4.78, 5) is 47.1. The third-order valence-electron chi connectivity index (χ3n) is 10.4. The summed E-state index contributed by atoms with van der Waals surface area (Å²) in [5.74, 6) is -0.248. The number of piperidine rings is 1. The first-order valence-electron chi connectivity index (χ1n) is 19.8. The molecule has 0 saturated carbocycles. The number of aryl methyl sites for hydroxylation is 1. The molecule has 1 aliphatic rings. The van der Waals surface area contributed by atoms with Crippen molar-refractivity contribution in [2.24, 2.45) is 0 Å². The lowest BCUT2D eigenvalue weighted by atomic mass is 10.0. The van der Waals surface area contributed by atoms with Crippen LogP contribution < -0.4 is 20.1 Å². The Morgan fingerprint density at radius 2 is 1.57 bits per heavy atom. The highest BCUT2D eigenvalue weighted by molar-refractivity contribution is 14.1. The number of sulfonamides is 1. The number of amides is 2. The lowest BCUT2D eigenvalue weighted by molar-refractivity contribution is -0.116. The molecular formula is C46H46IN5O7S. The molecule has 0 spiro atoms. The number of rotatable bonds is 16. The number of ketones is 1. The number of pyridine rings is 1. The zero-order valence-corrected chi connectivity index (χ0v) is 36.4. The Morgan fingerprint density at radius 3 is 2.33 bits per heavy atom. The van der Waals surface area contributed by atoms with Crippen molar-refractivity contribution in [3.8, 4) is 11.5 Å². The average Bonchev–Trinajstić information content (AvgIpc) is 3.26. The number of hydrogen-bond acceptors (Lipinski definition) is 9. The predicted octanol–water partition coefficient (Wildman–Crippen LogP) is 8.33. The highest BCUT2D eigenvalue weighted by atomic mass is 127. The number of carbonyl (C=O) groups is 3. The van der Waals surface area contributed by atoms with E-state index < -0.39 is 15.9 Å². The van der Waals surface area contributed by atoms with Gasteiger partial charge in [-0.05, 0) is 132 Å². The normalized spacial score (nSPS) is 13.0. The van der Waals surface area contributed by atoms with Crippen LogP contribution in [0.2, 0.25) is 0 Å². The third kappa shape index (κ3) is 10.2. The molecule has 12 nitrogen and oxygen atoms in total. The van der Waals surface area contributed by atoms with Crippen molar-refractivity contribution in [3.05, 3.63) is 130 Å². The van der Waals surface area contributed by atoms with Gasteiger partial charge in [-0.3, -0.25) is 19.4 Å². The minimum absolute atomic E-state index is 0.0486. The van der Waals surface area contributed by atoms with E-state index in [1.54, 1.807) is 41.3 Å². The molecular weight excluding hydrogens is 894 g/mol. The number of halogens is 1. The van der Waals surface area contributed by atoms with Crippen molar-refractivity contribution < 1.29 is 32.3 Å². The maximum absolute atomic E-state index is 14.1. The summed E-state index contributed by atoms with van der Waals surface area (Å²) in [6, 6.07) is 31.9. The Hall–Kier alpha value is -5.58. The van der Waals surface area contributed by atoms with Crippen LogP contribution in [0.4, 0.5) is 11.4 Å². The number of hydrogen-bond donors (Lipinski definition) is 2. The summed E-state index contributed by atoms with van der Waals surface area (Å²) in [5, 5.41) is 9.09. The van der Waals surface area contributed by atoms with Crippen molar-refractivity contribution in [1.29, 1.82) is 0 Å². The van der Waals surface area contributed by atoms with Crippen molar-refractivity contribution >= 4 is 83.3 Å². The number of anilines is 2. The Balaban J connectivity index is 1.09. The maximum Gasteiger partial charge on any atom is 0.253 e. The van der Waals surface area contributed by atoms with Crippen LogP contribution in [0.1, 0.15) is 52.1 Å². The summed E-state index contributed by atoms with van der Waals surface area (Å²) in [6.07, 6.45) is 2.71. The molecule has 1 saturated heterocycles. The zero-order chi connectivity index (χ0) is 42.2. The SMILES string of the molecule is COc1ccc(S(=O)(=O)N(CCNc2cc(C)nc3ccc(I)cc23)CCC(=O)Nc2ccc(C(=O)N3CCCCC3)cc2OCC(=O)c2ccc3ccccc3c2)cc1. The highest BCUT2D eigenvalue weighted by Gasteiger charge is 2.26. The van der Waals surface area contributed by atoms with E-state index >= 15 is 0 Å². The Kier molecular flexibility index (Phi) is 13.6. The van der Waals surface area contributed by atoms with Gasteiger partial charge in [-0.2, -0.15) is 4.31 Å². The number of nitrogens with one attached hydrogen (secondary N) is 2. The van der Waals surface area contributed by atoms with Gasteiger partial charge in [0.2, 0.25) is 15.9 Å². The highest BCUT2D eigenvalue weighted by Crippen LogP contribution is 2.29. The van der Waals surface area contributed by atoms with E-state index in [0.717, 1.165) is 55.9 Å². The number of nitrogens with zero attached hydrogens (tertiary/aromatic N) is 3. The van der Waals surface area contributed by atoms with Gasteiger partial charge in [0.05, 0.1) is 23.2 Å². The molecule has 0 unspecified atom stereocenters. The fourth-order valence-electron chi connectivity index (χ4n) is 7.23. The van der Waals surface area contributed by atoms with Gasteiger partial charge in [-0.1, -0.05) is 36.4 Å². The molecule has 14 heteroatoms. The van der Waals surface area contributed by atoms with Gasteiger partial charge in [-0.15, -0.1) is 0 Å². The van der Waals surface area contributed by atoms with E-state index in [-0.39, 0.29) is 60.7 Å². The van der Waals surface area contributed by atoms with Crippen LogP contribution in [0.25, 0.3) is 21.7 Å². The quantitative estimate of drug-likeness (QED) is 0.0723. The molecule has 0 radical (unpaired) electrons. The first kappa shape index (κ1) is 42.5. The monoisotopic (exact) mass is 939 g/mol. The molecule has 5 aromatic carbocycles. The number of aromatic nitrogens is 1. The van der Waals surface area contributed by atoms with Crippen LogP contribution in [-0.4, -0.2) is 86.6 Å². The number of benzene rings is 5. The van der Waals surface area contributed by atoms with Gasteiger partial charge < -0.3 is 25.0 Å². The molecule has 1 fully saturated rings. The van der Waals surface area contributed by atoms with Crippen molar-refractivity contribution in [3.63, 3.8) is 0 Å². The van der Waals surface area contributed by atoms with E-state index in [1.807, 2.05) is 67.6 Å². The molecule has 0 atom stereocenters. The topological polar surface area (TPSA) is 147 Å². The van der Waals surface area contributed by atoms with Gasteiger partial charge in [0.15, 0.2) is 12.4 Å². The molecule has 0 aliphatic carbocycles. The summed E-state index contributed by atoms with van der Waals surface area (Å²) < 4.78 is 41.9. The second-order valence-electron chi connectivity index (χ2n) is 14.6. The summed E-state index contributed by atoms with van der Waals surface area (Å²) in [6.45, 7) is 3.02. The number of likely N-dealkylation sites (tertiary alicyclic amines) is 1. The van der Waals surface area contributed by atoms with Crippen molar-refractivity contribution in [2.75, 3.05) is 57.1 Å². The molecule has 2 N–H and O–H groups in total. The first-order valence-corrected chi connectivity index (χ1v) is 22.3. The predicted molar refractivity (Wildman–Crippen MR) is 243 cm³/mol. The fourth-order valence-corrected chi connectivity index (χ4v) is 9.16.